The van der Waals surface area contributed by atoms with Crippen molar-refractivity contribution in [1.29, 1.82) is 0 Å². The largest absolute Gasteiger partial charge is 0.491 e. The van der Waals surface area contributed by atoms with E-state index in [-0.39, 0.29) is 0 Å². The second-order valence-corrected chi connectivity index (χ2v) is 6.48. The third kappa shape index (κ3) is 4.31. The van der Waals surface area contributed by atoms with E-state index in [1.807, 2.05) is 43.3 Å². The highest BCUT2D eigenvalue weighted by atomic mass is 16.5. The van der Waals surface area contributed by atoms with E-state index in [2.05, 4.69) is 0 Å². The summed E-state index contributed by atoms with van der Waals surface area (Å²) in [7, 11) is 2.89. The van der Waals surface area contributed by atoms with Gasteiger partial charge in [0.1, 0.15) is 0 Å². The van der Waals surface area contributed by atoms with Crippen molar-refractivity contribution in [3.63, 3.8) is 0 Å². The fraction of sp³-hybridized carbons (Fsp3) is 0.600. The Morgan fingerprint density at radius 1 is 1.15 bits per heavy atom. The lowest BCUT2D eigenvalue weighted by Gasteiger charge is -2.38. The van der Waals surface area contributed by atoms with Gasteiger partial charge in [0.25, 0.3) is 0 Å². The Kier molecular flexibility index (Phi) is 5.38. The lowest BCUT2D eigenvalue weighted by molar-refractivity contribution is -0.0982. The third-order valence-electron chi connectivity index (χ3n) is 3.69. The molecule has 0 bridgehead atoms. The van der Waals surface area contributed by atoms with E-state index in [9.17, 15) is 10.1 Å². The van der Waals surface area contributed by atoms with Crippen LogP contribution < -0.4 is 5.46 Å². The SMILES string of the molecule is CN(C)Cc1ccccc1B(O)OC(C)(C)C(C)(C)O. The van der Waals surface area contributed by atoms with Crippen LogP contribution in [0.15, 0.2) is 24.3 Å². The molecule has 112 valence electrons. The minimum Gasteiger partial charge on any atom is -0.423 e. The van der Waals surface area contributed by atoms with Crippen LogP contribution >= 0.6 is 0 Å². The molecule has 0 aliphatic carbocycles. The van der Waals surface area contributed by atoms with E-state index in [0.717, 1.165) is 17.6 Å². The summed E-state index contributed by atoms with van der Waals surface area (Å²) >= 11 is 0. The summed E-state index contributed by atoms with van der Waals surface area (Å²) in [6.45, 7) is 7.60. The average molecular weight is 279 g/mol. The average Bonchev–Trinajstić information content (AvgIpc) is 2.26. The maximum atomic E-state index is 10.4. The fourth-order valence-electron chi connectivity index (χ4n) is 1.75. The molecule has 1 rings (SSSR count). The van der Waals surface area contributed by atoms with E-state index in [1.165, 1.54) is 0 Å². The van der Waals surface area contributed by atoms with Gasteiger partial charge in [0.2, 0.25) is 0 Å². The highest BCUT2D eigenvalue weighted by Gasteiger charge is 2.39. The summed E-state index contributed by atoms with van der Waals surface area (Å²) in [6, 6.07) is 7.64. The maximum absolute atomic E-state index is 10.4. The predicted molar refractivity (Wildman–Crippen MR) is 82.9 cm³/mol. The molecule has 0 spiro atoms. The smallest absolute Gasteiger partial charge is 0.423 e. The molecule has 1 aromatic carbocycles. The molecule has 0 radical (unpaired) electrons. The van der Waals surface area contributed by atoms with Crippen LogP contribution in [-0.2, 0) is 11.2 Å². The van der Waals surface area contributed by atoms with E-state index >= 15 is 0 Å². The van der Waals surface area contributed by atoms with Crippen molar-refractivity contribution in [3.05, 3.63) is 29.8 Å². The van der Waals surface area contributed by atoms with Gasteiger partial charge >= 0.3 is 7.12 Å². The van der Waals surface area contributed by atoms with Gasteiger partial charge < -0.3 is 19.7 Å². The van der Waals surface area contributed by atoms with Crippen molar-refractivity contribution in [3.8, 4) is 0 Å². The topological polar surface area (TPSA) is 52.9 Å². The Bertz CT molecular complexity index is 441. The standard InChI is InChI=1S/C15H26BNO3/c1-14(2,18)15(3,4)20-16(19)13-10-8-7-9-12(13)11-17(5)6/h7-10,18-19H,11H2,1-6H3. The van der Waals surface area contributed by atoms with Gasteiger partial charge in [0.15, 0.2) is 0 Å². The quantitative estimate of drug-likeness (QED) is 0.763. The zero-order chi connectivity index (χ0) is 15.6. The summed E-state index contributed by atoms with van der Waals surface area (Å²) in [5.41, 5.74) is -0.169. The van der Waals surface area contributed by atoms with Crippen LogP contribution in [0.2, 0.25) is 0 Å². The lowest BCUT2D eigenvalue weighted by Crippen LogP contribution is -2.53. The molecule has 1 aromatic rings. The highest BCUT2D eigenvalue weighted by molar-refractivity contribution is 6.60. The Morgan fingerprint density at radius 2 is 1.70 bits per heavy atom. The molecule has 4 nitrogen and oxygen atoms in total. The molecule has 0 saturated heterocycles. The van der Waals surface area contributed by atoms with E-state index in [1.54, 1.807) is 27.7 Å². The van der Waals surface area contributed by atoms with Crippen LogP contribution in [0.5, 0.6) is 0 Å². The first-order chi connectivity index (χ1) is 9.04. The lowest BCUT2D eigenvalue weighted by atomic mass is 9.74. The zero-order valence-corrected chi connectivity index (χ0v) is 13.3. The number of hydrogen-bond acceptors (Lipinski definition) is 4. The molecular weight excluding hydrogens is 253 g/mol. The predicted octanol–water partition coefficient (Wildman–Crippen LogP) is 1.00. The van der Waals surface area contributed by atoms with Crippen molar-refractivity contribution in [1.82, 2.24) is 4.90 Å². The van der Waals surface area contributed by atoms with Crippen molar-refractivity contribution in [2.24, 2.45) is 0 Å². The number of rotatable bonds is 6. The van der Waals surface area contributed by atoms with E-state index < -0.39 is 18.3 Å². The van der Waals surface area contributed by atoms with Gasteiger partial charge in [-0.05, 0) is 52.8 Å². The van der Waals surface area contributed by atoms with Crippen LogP contribution in [0.1, 0.15) is 33.3 Å². The van der Waals surface area contributed by atoms with Crippen molar-refractivity contribution >= 4 is 12.6 Å². The van der Waals surface area contributed by atoms with E-state index in [0.29, 0.717) is 0 Å². The van der Waals surface area contributed by atoms with Gasteiger partial charge in [-0.25, -0.2) is 0 Å². The molecule has 0 atom stereocenters. The summed E-state index contributed by atoms with van der Waals surface area (Å²) in [4.78, 5) is 2.03. The summed E-state index contributed by atoms with van der Waals surface area (Å²) in [5, 5.41) is 20.5. The summed E-state index contributed by atoms with van der Waals surface area (Å²) < 4.78 is 5.70. The van der Waals surface area contributed by atoms with Crippen LogP contribution in [0.3, 0.4) is 0 Å². The second-order valence-electron chi connectivity index (χ2n) is 6.48. The number of benzene rings is 1. The molecule has 0 heterocycles. The minimum absolute atomic E-state index is 0.722. The molecular formula is C15H26BNO3. The monoisotopic (exact) mass is 279 g/mol. The van der Waals surface area contributed by atoms with Crippen LogP contribution in [0.4, 0.5) is 0 Å². The van der Waals surface area contributed by atoms with Crippen LogP contribution in [0, 0.1) is 0 Å². The Morgan fingerprint density at radius 3 is 2.20 bits per heavy atom. The molecule has 0 aromatic heterocycles. The summed E-state index contributed by atoms with van der Waals surface area (Å²) in [5.74, 6) is 0. The normalized spacial score (nSPS) is 12.8. The van der Waals surface area contributed by atoms with Crippen molar-refractivity contribution in [2.75, 3.05) is 14.1 Å². The fourth-order valence-corrected chi connectivity index (χ4v) is 1.75. The van der Waals surface area contributed by atoms with Crippen LogP contribution in [-0.4, -0.2) is 47.4 Å². The van der Waals surface area contributed by atoms with Gasteiger partial charge in [-0.3, -0.25) is 0 Å². The first-order valence-electron chi connectivity index (χ1n) is 6.85. The molecule has 0 amide bonds. The number of nitrogens with zero attached hydrogens (tertiary/aromatic N) is 1. The van der Waals surface area contributed by atoms with Gasteiger partial charge in [-0.2, -0.15) is 0 Å². The molecule has 20 heavy (non-hydrogen) atoms. The minimum atomic E-state index is -1.06. The second kappa shape index (κ2) is 6.27. The Hall–Kier alpha value is -0.875. The first kappa shape index (κ1) is 17.2. The molecule has 2 N–H and O–H groups in total. The Labute approximate surface area is 122 Å². The number of hydrogen-bond donors (Lipinski definition) is 2. The highest BCUT2D eigenvalue weighted by Crippen LogP contribution is 2.25. The molecule has 0 saturated carbocycles. The van der Waals surface area contributed by atoms with Crippen molar-refractivity contribution < 1.29 is 14.8 Å². The van der Waals surface area contributed by atoms with Gasteiger partial charge in [-0.1, -0.05) is 24.3 Å². The van der Waals surface area contributed by atoms with Gasteiger partial charge in [0.05, 0.1) is 11.2 Å². The number of aliphatic hydroxyl groups is 1. The van der Waals surface area contributed by atoms with Crippen LogP contribution in [0.25, 0.3) is 0 Å². The maximum Gasteiger partial charge on any atom is 0.491 e. The molecule has 0 unspecified atom stereocenters. The molecule has 0 aliphatic heterocycles. The van der Waals surface area contributed by atoms with Crippen molar-refractivity contribution in [2.45, 2.75) is 45.4 Å². The zero-order valence-electron chi connectivity index (χ0n) is 13.3. The molecule has 0 fully saturated rings. The Balaban J connectivity index is 2.96. The van der Waals surface area contributed by atoms with Gasteiger partial charge in [-0.15, -0.1) is 0 Å². The third-order valence-corrected chi connectivity index (χ3v) is 3.69. The molecule has 5 heteroatoms. The van der Waals surface area contributed by atoms with E-state index in [4.69, 9.17) is 4.65 Å². The van der Waals surface area contributed by atoms with Gasteiger partial charge in [0, 0.05) is 6.54 Å². The first-order valence-corrected chi connectivity index (χ1v) is 6.85. The summed E-state index contributed by atoms with van der Waals surface area (Å²) in [6.07, 6.45) is 0. The molecule has 0 aliphatic rings.